The van der Waals surface area contributed by atoms with Gasteiger partial charge in [-0.15, -0.1) is 0 Å². The fourth-order valence-electron chi connectivity index (χ4n) is 2.89. The third kappa shape index (κ3) is 3.26. The van der Waals surface area contributed by atoms with Crippen LogP contribution < -0.4 is 5.32 Å². The van der Waals surface area contributed by atoms with Crippen molar-refractivity contribution in [3.05, 3.63) is 52.6 Å². The van der Waals surface area contributed by atoms with Gasteiger partial charge < -0.3 is 10.2 Å². The number of benzene rings is 1. The number of hydrogen-bond acceptors (Lipinski definition) is 4. The van der Waals surface area contributed by atoms with E-state index in [0.717, 1.165) is 22.5 Å². The fraction of sp³-hybridized carbons (Fsp3) is 0.389. The lowest BCUT2D eigenvalue weighted by Gasteiger charge is -2.20. The molecule has 3 rings (SSSR count). The van der Waals surface area contributed by atoms with Gasteiger partial charge in [-0.25, -0.2) is 4.39 Å². The Bertz CT molecular complexity index is 842. The van der Waals surface area contributed by atoms with Crippen molar-refractivity contribution < 1.29 is 14.0 Å². The summed E-state index contributed by atoms with van der Waals surface area (Å²) in [6, 6.07) is 5.98. The van der Waals surface area contributed by atoms with Crippen molar-refractivity contribution in [3.63, 3.8) is 0 Å². The van der Waals surface area contributed by atoms with E-state index in [0.29, 0.717) is 18.7 Å². The van der Waals surface area contributed by atoms with Crippen LogP contribution >= 0.6 is 0 Å². The van der Waals surface area contributed by atoms with Crippen LogP contribution in [0, 0.1) is 19.7 Å². The Kier molecular flexibility index (Phi) is 4.32. The average molecular weight is 344 g/mol. The molecule has 0 saturated carbocycles. The largest absolute Gasteiger partial charge is 0.379 e. The molecule has 0 saturated heterocycles. The molecule has 1 aliphatic rings. The number of amides is 1. The average Bonchev–Trinajstić information content (AvgIpc) is 3.08. The highest BCUT2D eigenvalue weighted by Crippen LogP contribution is 2.27. The molecule has 0 fully saturated rings. The molecule has 2 aromatic rings. The van der Waals surface area contributed by atoms with E-state index in [1.807, 2.05) is 20.9 Å². The summed E-state index contributed by atoms with van der Waals surface area (Å²) >= 11 is 0. The van der Waals surface area contributed by atoms with Gasteiger partial charge in [0.2, 0.25) is 5.60 Å². The first-order chi connectivity index (χ1) is 11.8. The zero-order valence-corrected chi connectivity index (χ0v) is 14.8. The van der Waals surface area contributed by atoms with Crippen molar-refractivity contribution in [2.75, 3.05) is 0 Å². The van der Waals surface area contributed by atoms with Crippen LogP contribution in [0.3, 0.4) is 0 Å². The third-order valence-electron chi connectivity index (χ3n) is 4.60. The molecule has 1 aliphatic heterocycles. The normalized spacial score (nSPS) is 19.5. The lowest BCUT2D eigenvalue weighted by atomic mass is 9.95. The minimum absolute atomic E-state index is 0.240. The Hall–Kier alpha value is -2.70. The number of carbonyl (C=O) groups excluding carboxylic acids is 1. The van der Waals surface area contributed by atoms with Crippen molar-refractivity contribution in [1.82, 2.24) is 15.1 Å². The molecule has 0 spiro atoms. The Balaban J connectivity index is 1.66. The standard InChI is InChI=1S/C18H21FN4O2/c1-11-15(12(2)23(4)21-11)10-20-17(24)18(3)9-16(22-25-18)13-5-7-14(19)8-6-13/h5-8H,9-10H2,1-4H3,(H,20,24). The van der Waals surface area contributed by atoms with Crippen molar-refractivity contribution in [3.8, 4) is 0 Å². The van der Waals surface area contributed by atoms with Crippen molar-refractivity contribution in [2.24, 2.45) is 12.2 Å². The second kappa shape index (κ2) is 6.31. The number of nitrogens with zero attached hydrogens (tertiary/aromatic N) is 3. The number of carbonyl (C=O) groups is 1. The predicted molar refractivity (Wildman–Crippen MR) is 91.6 cm³/mol. The lowest BCUT2D eigenvalue weighted by Crippen LogP contribution is -2.44. The van der Waals surface area contributed by atoms with Crippen molar-refractivity contribution >= 4 is 11.6 Å². The number of aryl methyl sites for hydroxylation is 2. The number of rotatable bonds is 4. The van der Waals surface area contributed by atoms with Crippen LogP contribution in [0.4, 0.5) is 4.39 Å². The number of nitrogens with one attached hydrogen (secondary N) is 1. The van der Waals surface area contributed by atoms with Gasteiger partial charge in [-0.05, 0) is 38.5 Å². The van der Waals surface area contributed by atoms with E-state index in [4.69, 9.17) is 4.84 Å². The summed E-state index contributed by atoms with van der Waals surface area (Å²) in [6.07, 6.45) is 0.329. The van der Waals surface area contributed by atoms with Crippen LogP contribution in [-0.2, 0) is 23.2 Å². The number of halogens is 1. The van der Waals surface area contributed by atoms with Gasteiger partial charge in [0.05, 0.1) is 11.4 Å². The van der Waals surface area contributed by atoms with Gasteiger partial charge in [-0.1, -0.05) is 17.3 Å². The molecule has 1 aromatic carbocycles. The third-order valence-corrected chi connectivity index (χ3v) is 4.60. The molecule has 1 atom stereocenters. The van der Waals surface area contributed by atoms with Gasteiger partial charge in [0, 0.05) is 31.3 Å². The fourth-order valence-corrected chi connectivity index (χ4v) is 2.89. The first kappa shape index (κ1) is 17.1. The van der Waals surface area contributed by atoms with E-state index in [2.05, 4.69) is 15.6 Å². The molecule has 0 aliphatic carbocycles. The molecule has 1 aromatic heterocycles. The van der Waals surface area contributed by atoms with E-state index >= 15 is 0 Å². The van der Waals surface area contributed by atoms with Crippen molar-refractivity contribution in [1.29, 1.82) is 0 Å². The summed E-state index contributed by atoms with van der Waals surface area (Å²) in [6.45, 7) is 5.96. The van der Waals surface area contributed by atoms with E-state index in [1.54, 1.807) is 23.7 Å². The minimum Gasteiger partial charge on any atom is -0.379 e. The van der Waals surface area contributed by atoms with Gasteiger partial charge >= 0.3 is 0 Å². The van der Waals surface area contributed by atoms with Gasteiger partial charge in [0.25, 0.3) is 5.91 Å². The monoisotopic (exact) mass is 344 g/mol. The molecular formula is C18H21FN4O2. The van der Waals surface area contributed by atoms with E-state index in [9.17, 15) is 9.18 Å². The topological polar surface area (TPSA) is 68.5 Å². The molecule has 1 amide bonds. The molecule has 7 heteroatoms. The predicted octanol–water partition coefficient (Wildman–Crippen LogP) is 2.38. The quantitative estimate of drug-likeness (QED) is 0.926. The molecule has 25 heavy (non-hydrogen) atoms. The summed E-state index contributed by atoms with van der Waals surface area (Å²) in [4.78, 5) is 18.0. The lowest BCUT2D eigenvalue weighted by molar-refractivity contribution is -0.141. The summed E-state index contributed by atoms with van der Waals surface area (Å²) in [5.41, 5.74) is 3.20. The number of oxime groups is 1. The summed E-state index contributed by atoms with van der Waals surface area (Å²) in [7, 11) is 1.87. The summed E-state index contributed by atoms with van der Waals surface area (Å²) in [5, 5.41) is 11.3. The van der Waals surface area contributed by atoms with Gasteiger partial charge in [0.1, 0.15) is 5.82 Å². The molecule has 6 nitrogen and oxygen atoms in total. The zero-order valence-electron chi connectivity index (χ0n) is 14.8. The summed E-state index contributed by atoms with van der Waals surface area (Å²) in [5.74, 6) is -0.554. The smallest absolute Gasteiger partial charge is 0.267 e. The second-order valence-electron chi connectivity index (χ2n) is 6.50. The molecule has 0 radical (unpaired) electrons. The number of aromatic nitrogens is 2. The first-order valence-corrected chi connectivity index (χ1v) is 8.08. The SMILES string of the molecule is Cc1nn(C)c(C)c1CNC(=O)C1(C)CC(c2ccc(F)cc2)=NO1. The molecular weight excluding hydrogens is 323 g/mol. The van der Waals surface area contributed by atoms with E-state index in [-0.39, 0.29) is 11.7 Å². The maximum Gasteiger partial charge on any atom is 0.267 e. The number of hydrogen-bond donors (Lipinski definition) is 1. The molecule has 132 valence electrons. The highest BCUT2D eigenvalue weighted by atomic mass is 19.1. The van der Waals surface area contributed by atoms with Crippen LogP contribution in [0.5, 0.6) is 0 Å². The second-order valence-corrected chi connectivity index (χ2v) is 6.50. The minimum atomic E-state index is -1.08. The highest BCUT2D eigenvalue weighted by molar-refractivity contribution is 6.05. The van der Waals surface area contributed by atoms with Crippen molar-refractivity contribution in [2.45, 2.75) is 39.3 Å². The van der Waals surface area contributed by atoms with Gasteiger partial charge in [-0.2, -0.15) is 5.10 Å². The van der Waals surface area contributed by atoms with Gasteiger partial charge in [-0.3, -0.25) is 9.48 Å². The molecule has 2 heterocycles. The molecule has 0 bridgehead atoms. The Morgan fingerprint density at radius 3 is 2.64 bits per heavy atom. The van der Waals surface area contributed by atoms with Gasteiger partial charge in [0.15, 0.2) is 0 Å². The van der Waals surface area contributed by atoms with E-state index in [1.165, 1.54) is 12.1 Å². The first-order valence-electron chi connectivity index (χ1n) is 8.08. The highest BCUT2D eigenvalue weighted by Gasteiger charge is 2.42. The Morgan fingerprint density at radius 2 is 2.04 bits per heavy atom. The molecule has 1 unspecified atom stereocenters. The van der Waals surface area contributed by atoms with Crippen LogP contribution in [0.25, 0.3) is 0 Å². The zero-order chi connectivity index (χ0) is 18.2. The van der Waals surface area contributed by atoms with Crippen LogP contribution in [0.15, 0.2) is 29.4 Å². The van der Waals surface area contributed by atoms with Crippen LogP contribution in [0.2, 0.25) is 0 Å². The maximum atomic E-state index is 13.0. The summed E-state index contributed by atoms with van der Waals surface area (Å²) < 4.78 is 14.8. The van der Waals surface area contributed by atoms with Crippen LogP contribution in [0.1, 0.15) is 35.9 Å². The van der Waals surface area contributed by atoms with E-state index < -0.39 is 5.60 Å². The Morgan fingerprint density at radius 1 is 1.36 bits per heavy atom. The maximum absolute atomic E-state index is 13.0. The van der Waals surface area contributed by atoms with Crippen LogP contribution in [-0.4, -0.2) is 27.0 Å². The Labute approximate surface area is 145 Å². The molecule has 1 N–H and O–H groups in total.